The molecule has 1 atom stereocenters. The van der Waals surface area contributed by atoms with E-state index in [1.165, 1.54) is 0 Å². The van der Waals surface area contributed by atoms with Gasteiger partial charge in [-0.2, -0.15) is 5.90 Å². The summed E-state index contributed by atoms with van der Waals surface area (Å²) in [6, 6.07) is 0. The molecule has 0 aromatic heterocycles. The third-order valence-corrected chi connectivity index (χ3v) is 2.04. The molecule has 1 unspecified atom stereocenters. The van der Waals surface area contributed by atoms with E-state index in [4.69, 9.17) is 13.7 Å². The van der Waals surface area contributed by atoms with Crippen molar-refractivity contribution in [2.45, 2.75) is 19.7 Å². The van der Waals surface area contributed by atoms with Crippen LogP contribution in [0.15, 0.2) is 23.5 Å². The van der Waals surface area contributed by atoms with Crippen LogP contribution in [0.3, 0.4) is 0 Å². The van der Waals surface area contributed by atoms with Crippen LogP contribution in [-0.2, 0) is 9.63 Å². The van der Waals surface area contributed by atoms with Crippen molar-refractivity contribution >= 4 is 13.6 Å². The Morgan fingerprint density at radius 1 is 1.85 bits per heavy atom. The molecule has 0 heterocycles. The van der Waals surface area contributed by atoms with Crippen LogP contribution in [0.5, 0.6) is 0 Å². The lowest BCUT2D eigenvalue weighted by Crippen LogP contribution is -2.17. The minimum atomic E-state index is -0.173. The Morgan fingerprint density at radius 2 is 2.54 bits per heavy atom. The first-order chi connectivity index (χ1) is 6.17. The van der Waals surface area contributed by atoms with Gasteiger partial charge in [-0.15, -0.1) is 0 Å². The van der Waals surface area contributed by atoms with Crippen LogP contribution >= 0.6 is 0 Å². The zero-order valence-electron chi connectivity index (χ0n) is 7.62. The van der Waals surface area contributed by atoms with Crippen molar-refractivity contribution in [2.75, 3.05) is 0 Å². The number of allylic oxidation sites excluding steroid dienone is 4. The molecule has 0 saturated carbocycles. The smallest absolute Gasteiger partial charge is 0.131 e. The summed E-state index contributed by atoms with van der Waals surface area (Å²) < 4.78 is 0. The minimum absolute atomic E-state index is 0.0157. The number of ketones is 1. The van der Waals surface area contributed by atoms with E-state index in [0.29, 0.717) is 12.2 Å². The topological polar surface area (TPSA) is 52.3 Å². The summed E-state index contributed by atoms with van der Waals surface area (Å²) in [6.45, 7) is 1.90. The van der Waals surface area contributed by atoms with E-state index < -0.39 is 0 Å². The Kier molecular flexibility index (Phi) is 3.31. The van der Waals surface area contributed by atoms with Crippen molar-refractivity contribution in [1.29, 1.82) is 0 Å². The van der Waals surface area contributed by atoms with Crippen LogP contribution in [0.1, 0.15) is 13.3 Å². The molecule has 68 valence electrons. The largest absolute Gasteiger partial charge is 0.416 e. The average molecular weight is 177 g/mol. The molecule has 0 saturated heterocycles. The van der Waals surface area contributed by atoms with Crippen molar-refractivity contribution in [3.8, 4) is 0 Å². The molecular formula is C9H12BNO2. The molecule has 1 rings (SSSR count). The predicted molar refractivity (Wildman–Crippen MR) is 50.8 cm³/mol. The van der Waals surface area contributed by atoms with Crippen LogP contribution in [0.25, 0.3) is 0 Å². The summed E-state index contributed by atoms with van der Waals surface area (Å²) in [7, 11) is 5.26. The van der Waals surface area contributed by atoms with Crippen molar-refractivity contribution < 1.29 is 9.63 Å². The van der Waals surface area contributed by atoms with Crippen molar-refractivity contribution in [3.63, 3.8) is 0 Å². The summed E-state index contributed by atoms with van der Waals surface area (Å²) in [5, 5.41) is 0. The number of rotatable bonds is 3. The molecule has 0 fully saturated rings. The van der Waals surface area contributed by atoms with Gasteiger partial charge >= 0.3 is 0 Å². The quantitative estimate of drug-likeness (QED) is 0.514. The zero-order valence-corrected chi connectivity index (χ0v) is 7.62. The van der Waals surface area contributed by atoms with Gasteiger partial charge in [0.2, 0.25) is 0 Å². The first kappa shape index (κ1) is 10.1. The highest BCUT2D eigenvalue weighted by Gasteiger charge is 2.19. The normalized spacial score (nSPS) is 21.8. The van der Waals surface area contributed by atoms with Gasteiger partial charge in [0.05, 0.1) is 7.85 Å². The van der Waals surface area contributed by atoms with E-state index in [0.717, 1.165) is 5.57 Å². The molecule has 3 nitrogen and oxygen atoms in total. The molecule has 13 heavy (non-hydrogen) atoms. The van der Waals surface area contributed by atoms with Crippen LogP contribution in [-0.4, -0.2) is 13.6 Å². The van der Waals surface area contributed by atoms with Gasteiger partial charge < -0.3 is 4.84 Å². The van der Waals surface area contributed by atoms with Crippen molar-refractivity contribution in [3.05, 3.63) is 23.5 Å². The highest BCUT2D eigenvalue weighted by Crippen LogP contribution is 2.23. The highest BCUT2D eigenvalue weighted by molar-refractivity contribution is 6.20. The predicted octanol–water partition coefficient (Wildman–Crippen LogP) is 0.883. The summed E-state index contributed by atoms with van der Waals surface area (Å²) in [4.78, 5) is 15.9. The highest BCUT2D eigenvalue weighted by atomic mass is 16.6. The summed E-state index contributed by atoms with van der Waals surface area (Å²) in [6.07, 6.45) is 4.29. The number of carbonyl (C=O) groups is 1. The fraction of sp³-hybridized carbons (Fsp3) is 0.444. The molecule has 0 aliphatic heterocycles. The molecule has 2 N–H and O–H groups in total. The molecule has 0 aromatic carbocycles. The van der Waals surface area contributed by atoms with Crippen molar-refractivity contribution in [1.82, 2.24) is 0 Å². The molecule has 0 amide bonds. The molecule has 1 aliphatic carbocycles. The summed E-state index contributed by atoms with van der Waals surface area (Å²) in [5.41, 5.74) is 0.985. The van der Waals surface area contributed by atoms with E-state index >= 15 is 0 Å². The lowest BCUT2D eigenvalue weighted by molar-refractivity contribution is -0.119. The van der Waals surface area contributed by atoms with Gasteiger partial charge in [-0.05, 0) is 19.3 Å². The first-order valence-electron chi connectivity index (χ1n) is 4.16. The van der Waals surface area contributed by atoms with Crippen LogP contribution in [0.2, 0.25) is 6.32 Å². The summed E-state index contributed by atoms with van der Waals surface area (Å²) >= 11 is 0. The zero-order chi connectivity index (χ0) is 9.84. The maximum Gasteiger partial charge on any atom is 0.131 e. The fourth-order valence-electron chi connectivity index (χ4n) is 1.39. The van der Waals surface area contributed by atoms with Gasteiger partial charge in [-0.25, -0.2) is 0 Å². The Balaban J connectivity index is 2.74. The van der Waals surface area contributed by atoms with Gasteiger partial charge in [0, 0.05) is 12.3 Å². The lowest BCUT2D eigenvalue weighted by Gasteiger charge is -2.17. The maximum atomic E-state index is 11.3. The number of nitrogens with two attached hydrogens (primary N) is 1. The Hall–Kier alpha value is -1.03. The molecule has 0 spiro atoms. The molecule has 1 aliphatic rings. The monoisotopic (exact) mass is 177 g/mol. The molecule has 0 aromatic rings. The third kappa shape index (κ3) is 2.46. The van der Waals surface area contributed by atoms with E-state index in [2.05, 4.69) is 4.84 Å². The second kappa shape index (κ2) is 4.28. The maximum absolute atomic E-state index is 11.3. The third-order valence-electron chi connectivity index (χ3n) is 2.04. The van der Waals surface area contributed by atoms with E-state index in [9.17, 15) is 4.79 Å². The van der Waals surface area contributed by atoms with Crippen LogP contribution < -0.4 is 5.90 Å². The number of hydrogen-bond acceptors (Lipinski definition) is 3. The van der Waals surface area contributed by atoms with E-state index in [1.54, 1.807) is 0 Å². The number of Topliss-reactive ketones (excluding diaryl/α,β-unsaturated/α-hetero) is 1. The van der Waals surface area contributed by atoms with Gasteiger partial charge in [0.25, 0.3) is 0 Å². The summed E-state index contributed by atoms with van der Waals surface area (Å²) in [5.74, 6) is 5.51. The fourth-order valence-corrected chi connectivity index (χ4v) is 1.39. The molecule has 4 heteroatoms. The Bertz CT molecular complexity index is 271. The standard InChI is InChI=1S/C9H12BNO2/c1-6-2-7(9(12)5-10)4-8(3-6)13-11/h2-3,7H,4-5,11H2,1H3. The second-order valence-corrected chi connectivity index (χ2v) is 3.12. The Morgan fingerprint density at radius 3 is 3.08 bits per heavy atom. The van der Waals surface area contributed by atoms with Gasteiger partial charge in [-0.3, -0.25) is 4.79 Å². The van der Waals surface area contributed by atoms with Crippen LogP contribution in [0, 0.1) is 5.92 Å². The number of carbonyl (C=O) groups excluding carboxylic acids is 1. The second-order valence-electron chi connectivity index (χ2n) is 3.12. The Labute approximate surface area is 79.0 Å². The minimum Gasteiger partial charge on any atom is -0.416 e. The number of hydrogen-bond donors (Lipinski definition) is 1. The average Bonchev–Trinajstić information content (AvgIpc) is 2.15. The van der Waals surface area contributed by atoms with Crippen molar-refractivity contribution in [2.24, 2.45) is 11.8 Å². The lowest BCUT2D eigenvalue weighted by atomic mass is 9.85. The van der Waals surface area contributed by atoms with E-state index in [1.807, 2.05) is 19.1 Å². The SMILES string of the molecule is [B]CC(=O)C1C=C(C)C=C(ON)C1. The first-order valence-corrected chi connectivity index (χ1v) is 4.16. The van der Waals surface area contributed by atoms with Gasteiger partial charge in [-0.1, -0.05) is 11.6 Å². The molecule has 0 bridgehead atoms. The molecule has 2 radical (unpaired) electrons. The molecular weight excluding hydrogens is 165 g/mol. The van der Waals surface area contributed by atoms with Gasteiger partial charge in [0.1, 0.15) is 11.5 Å². The van der Waals surface area contributed by atoms with Gasteiger partial charge in [0.15, 0.2) is 0 Å². The van der Waals surface area contributed by atoms with Crippen LogP contribution in [0.4, 0.5) is 0 Å². The van der Waals surface area contributed by atoms with E-state index in [-0.39, 0.29) is 18.0 Å².